The van der Waals surface area contributed by atoms with Gasteiger partial charge in [0.2, 0.25) is 0 Å². The summed E-state index contributed by atoms with van der Waals surface area (Å²) >= 11 is 3.22. The lowest BCUT2D eigenvalue weighted by molar-refractivity contribution is -0.125. The second-order valence-electron chi connectivity index (χ2n) is 6.76. The van der Waals surface area contributed by atoms with E-state index < -0.39 is 11.7 Å². The van der Waals surface area contributed by atoms with E-state index in [4.69, 9.17) is 4.74 Å². The SMILES string of the molecule is CC(C)(C)OC(=O)N1CCC(=O)C(Cc2cccc(F)c2Br)C1. The molecule has 1 aromatic rings. The summed E-state index contributed by atoms with van der Waals surface area (Å²) in [6.45, 7) is 6.09. The zero-order valence-corrected chi connectivity index (χ0v) is 15.2. The Hall–Kier alpha value is -1.43. The lowest BCUT2D eigenvalue weighted by Gasteiger charge is -2.33. The zero-order valence-electron chi connectivity index (χ0n) is 13.6. The van der Waals surface area contributed by atoms with Crippen molar-refractivity contribution in [2.45, 2.75) is 39.2 Å². The molecule has 2 rings (SSSR count). The number of carbonyl (C=O) groups is 2. The third-order valence-electron chi connectivity index (χ3n) is 3.67. The topological polar surface area (TPSA) is 46.6 Å². The van der Waals surface area contributed by atoms with Crippen molar-refractivity contribution < 1.29 is 18.7 Å². The Morgan fingerprint density at radius 2 is 2.13 bits per heavy atom. The van der Waals surface area contributed by atoms with E-state index in [-0.39, 0.29) is 17.5 Å². The molecule has 23 heavy (non-hydrogen) atoms. The third-order valence-corrected chi connectivity index (χ3v) is 4.56. The van der Waals surface area contributed by atoms with E-state index in [0.717, 1.165) is 5.56 Å². The number of Topliss-reactive ketones (excluding diaryl/α,β-unsaturated/α-hetero) is 1. The lowest BCUT2D eigenvalue weighted by Crippen LogP contribution is -2.46. The number of ketones is 1. The Bertz CT molecular complexity index is 612. The number of ether oxygens (including phenoxy) is 1. The number of nitrogens with zero attached hydrogens (tertiary/aromatic N) is 1. The van der Waals surface area contributed by atoms with Crippen LogP contribution in [0.2, 0.25) is 0 Å². The molecule has 6 heteroatoms. The molecular formula is C17H21BrFNO3. The van der Waals surface area contributed by atoms with Crippen LogP contribution in [0.4, 0.5) is 9.18 Å². The second kappa shape index (κ2) is 6.99. The summed E-state index contributed by atoms with van der Waals surface area (Å²) in [5, 5.41) is 0. The maximum Gasteiger partial charge on any atom is 0.410 e. The van der Waals surface area contributed by atoms with Gasteiger partial charge in [-0.05, 0) is 54.8 Å². The fourth-order valence-electron chi connectivity index (χ4n) is 2.55. The highest BCUT2D eigenvalue weighted by Crippen LogP contribution is 2.26. The Labute approximate surface area is 144 Å². The van der Waals surface area contributed by atoms with Crippen molar-refractivity contribution in [2.75, 3.05) is 13.1 Å². The fraction of sp³-hybridized carbons (Fsp3) is 0.529. The van der Waals surface area contributed by atoms with Gasteiger partial charge in [-0.2, -0.15) is 0 Å². The zero-order chi connectivity index (χ0) is 17.2. The summed E-state index contributed by atoms with van der Waals surface area (Å²) < 4.78 is 19.3. The van der Waals surface area contributed by atoms with Gasteiger partial charge in [0, 0.05) is 25.4 Å². The predicted octanol–water partition coefficient (Wildman–Crippen LogP) is 3.96. The summed E-state index contributed by atoms with van der Waals surface area (Å²) in [6.07, 6.45) is 0.293. The van der Waals surface area contributed by atoms with Crippen molar-refractivity contribution in [1.29, 1.82) is 0 Å². The van der Waals surface area contributed by atoms with Gasteiger partial charge >= 0.3 is 6.09 Å². The number of carbonyl (C=O) groups excluding carboxylic acids is 2. The van der Waals surface area contributed by atoms with Gasteiger partial charge in [-0.15, -0.1) is 0 Å². The van der Waals surface area contributed by atoms with Crippen molar-refractivity contribution in [2.24, 2.45) is 5.92 Å². The molecular weight excluding hydrogens is 365 g/mol. The average molecular weight is 386 g/mol. The molecule has 4 nitrogen and oxygen atoms in total. The minimum Gasteiger partial charge on any atom is -0.444 e. The highest BCUT2D eigenvalue weighted by molar-refractivity contribution is 9.10. The summed E-state index contributed by atoms with van der Waals surface area (Å²) in [5.74, 6) is -0.593. The van der Waals surface area contributed by atoms with Gasteiger partial charge in [0.15, 0.2) is 0 Å². The van der Waals surface area contributed by atoms with E-state index in [9.17, 15) is 14.0 Å². The van der Waals surface area contributed by atoms with E-state index in [0.29, 0.717) is 30.4 Å². The molecule has 0 radical (unpaired) electrons. The maximum absolute atomic E-state index is 13.6. The lowest BCUT2D eigenvalue weighted by atomic mass is 9.90. The first-order valence-corrected chi connectivity index (χ1v) is 8.40. The van der Waals surface area contributed by atoms with E-state index in [1.165, 1.54) is 6.07 Å². The first-order valence-electron chi connectivity index (χ1n) is 7.61. The van der Waals surface area contributed by atoms with Gasteiger partial charge in [0.05, 0.1) is 4.47 Å². The van der Waals surface area contributed by atoms with Crippen LogP contribution in [0.5, 0.6) is 0 Å². The highest BCUT2D eigenvalue weighted by atomic mass is 79.9. The van der Waals surface area contributed by atoms with Crippen LogP contribution >= 0.6 is 15.9 Å². The van der Waals surface area contributed by atoms with E-state index in [2.05, 4.69) is 15.9 Å². The molecule has 0 saturated carbocycles. The van der Waals surface area contributed by atoms with Gasteiger partial charge in [-0.25, -0.2) is 9.18 Å². The Morgan fingerprint density at radius 1 is 1.43 bits per heavy atom. The molecule has 126 valence electrons. The van der Waals surface area contributed by atoms with Gasteiger partial charge < -0.3 is 9.64 Å². The number of likely N-dealkylation sites (tertiary alicyclic amines) is 1. The molecule has 1 amide bonds. The van der Waals surface area contributed by atoms with Gasteiger partial charge in [-0.3, -0.25) is 4.79 Å². The van der Waals surface area contributed by atoms with Crippen LogP contribution in [0.15, 0.2) is 22.7 Å². The molecule has 1 aromatic carbocycles. The molecule has 1 unspecified atom stereocenters. The van der Waals surface area contributed by atoms with Gasteiger partial charge in [-0.1, -0.05) is 12.1 Å². The third kappa shape index (κ3) is 4.77. The largest absolute Gasteiger partial charge is 0.444 e. The summed E-state index contributed by atoms with van der Waals surface area (Å²) in [4.78, 5) is 25.9. The Balaban J connectivity index is 2.08. The Morgan fingerprint density at radius 3 is 2.78 bits per heavy atom. The number of hydrogen-bond donors (Lipinski definition) is 0. The minimum atomic E-state index is -0.570. The van der Waals surface area contributed by atoms with E-state index >= 15 is 0 Å². The first kappa shape index (κ1) is 17.9. The van der Waals surface area contributed by atoms with Crippen molar-refractivity contribution in [3.63, 3.8) is 0 Å². The molecule has 0 aliphatic carbocycles. The Kier molecular flexibility index (Phi) is 5.45. The standard InChI is InChI=1S/C17H21BrFNO3/c1-17(2,3)23-16(22)20-8-7-14(21)12(10-20)9-11-5-4-6-13(19)15(11)18/h4-6,12H,7-10H2,1-3H3. The summed E-state index contributed by atoms with van der Waals surface area (Å²) in [6, 6.07) is 4.77. The maximum atomic E-state index is 13.6. The van der Waals surface area contributed by atoms with Crippen LogP contribution in [0.25, 0.3) is 0 Å². The number of benzene rings is 1. The molecule has 0 bridgehead atoms. The van der Waals surface area contributed by atoms with Crippen molar-refractivity contribution in [1.82, 2.24) is 4.90 Å². The highest BCUT2D eigenvalue weighted by Gasteiger charge is 2.32. The number of hydrogen-bond acceptors (Lipinski definition) is 3. The summed E-state index contributed by atoms with van der Waals surface area (Å²) in [7, 11) is 0. The van der Waals surface area contributed by atoms with Crippen LogP contribution in [0, 0.1) is 11.7 Å². The van der Waals surface area contributed by atoms with Crippen LogP contribution in [-0.2, 0) is 16.0 Å². The van der Waals surface area contributed by atoms with Crippen LogP contribution in [0.3, 0.4) is 0 Å². The van der Waals surface area contributed by atoms with Crippen LogP contribution in [0.1, 0.15) is 32.8 Å². The predicted molar refractivity (Wildman–Crippen MR) is 88.7 cm³/mol. The van der Waals surface area contributed by atoms with Gasteiger partial charge in [0.1, 0.15) is 17.2 Å². The molecule has 1 fully saturated rings. The molecule has 0 N–H and O–H groups in total. The van der Waals surface area contributed by atoms with E-state index in [1.807, 2.05) is 0 Å². The van der Waals surface area contributed by atoms with Crippen LogP contribution < -0.4 is 0 Å². The first-order chi connectivity index (χ1) is 10.7. The molecule has 1 saturated heterocycles. The van der Waals surface area contributed by atoms with Crippen LogP contribution in [-0.4, -0.2) is 35.5 Å². The normalized spacial score (nSPS) is 18.9. The number of piperidine rings is 1. The number of rotatable bonds is 2. The fourth-order valence-corrected chi connectivity index (χ4v) is 2.98. The van der Waals surface area contributed by atoms with Gasteiger partial charge in [0.25, 0.3) is 0 Å². The second-order valence-corrected chi connectivity index (χ2v) is 7.55. The summed E-state index contributed by atoms with van der Waals surface area (Å²) in [5.41, 5.74) is 0.161. The smallest absolute Gasteiger partial charge is 0.410 e. The van der Waals surface area contributed by atoms with Crippen molar-refractivity contribution in [3.05, 3.63) is 34.1 Å². The molecule has 1 atom stereocenters. The minimum absolute atomic E-state index is 0.0981. The number of amides is 1. The average Bonchev–Trinajstić information content (AvgIpc) is 2.44. The van der Waals surface area contributed by atoms with Crippen molar-refractivity contribution in [3.8, 4) is 0 Å². The quantitative estimate of drug-likeness (QED) is 0.773. The molecule has 0 spiro atoms. The number of halogens is 2. The van der Waals surface area contributed by atoms with Crippen molar-refractivity contribution >= 4 is 27.8 Å². The molecule has 1 heterocycles. The molecule has 1 aliphatic rings. The molecule has 1 aliphatic heterocycles. The van der Waals surface area contributed by atoms with E-state index in [1.54, 1.807) is 37.8 Å². The molecule has 0 aromatic heterocycles. The monoisotopic (exact) mass is 385 g/mol.